The van der Waals surface area contributed by atoms with E-state index in [0.717, 1.165) is 0 Å². The molecule has 0 radical (unpaired) electrons. The number of aryl methyl sites for hydroxylation is 3. The first kappa shape index (κ1) is 13.9. The summed E-state index contributed by atoms with van der Waals surface area (Å²) in [5.74, 6) is 0. The Balaban J connectivity index is 2.69. The summed E-state index contributed by atoms with van der Waals surface area (Å²) in [4.78, 5) is 0. The van der Waals surface area contributed by atoms with Gasteiger partial charge in [0.1, 0.15) is 0 Å². The number of hydrogen-bond acceptors (Lipinski definition) is 0. The smallest absolute Gasteiger partial charge is 0.0123 e. The topological polar surface area (TPSA) is 0 Å². The minimum Gasteiger partial charge on any atom is -0.0617 e. The van der Waals surface area contributed by atoms with Gasteiger partial charge >= 0.3 is 0 Å². The van der Waals surface area contributed by atoms with E-state index < -0.39 is 0 Å². The van der Waals surface area contributed by atoms with Crippen molar-refractivity contribution < 1.29 is 0 Å². The predicted octanol–water partition coefficient (Wildman–Crippen LogP) is 5.58. The van der Waals surface area contributed by atoms with Crippen molar-refractivity contribution in [3.05, 3.63) is 58.7 Å². The summed E-state index contributed by atoms with van der Waals surface area (Å²) in [5.41, 5.74) is 8.43. The van der Waals surface area contributed by atoms with E-state index in [4.69, 9.17) is 0 Å². The Hall–Kier alpha value is -1.56. The van der Waals surface area contributed by atoms with Gasteiger partial charge in [0.25, 0.3) is 0 Å². The van der Waals surface area contributed by atoms with Crippen LogP contribution in [0.5, 0.6) is 0 Å². The Morgan fingerprint density at radius 2 is 1.32 bits per heavy atom. The van der Waals surface area contributed by atoms with Gasteiger partial charge in [-0.3, -0.25) is 0 Å². The van der Waals surface area contributed by atoms with Crippen LogP contribution in [0, 0.1) is 20.8 Å². The van der Waals surface area contributed by atoms with E-state index in [1.54, 1.807) is 0 Å². The predicted molar refractivity (Wildman–Crippen MR) is 84.8 cm³/mol. The van der Waals surface area contributed by atoms with Gasteiger partial charge in [-0.2, -0.15) is 0 Å². The molecule has 100 valence electrons. The van der Waals surface area contributed by atoms with Crippen LogP contribution in [0.1, 0.15) is 43.0 Å². The fourth-order valence-electron chi connectivity index (χ4n) is 2.60. The van der Waals surface area contributed by atoms with E-state index in [9.17, 15) is 0 Å². The van der Waals surface area contributed by atoms with Crippen LogP contribution in [0.2, 0.25) is 0 Å². The minimum atomic E-state index is 0.193. The second-order valence-corrected chi connectivity index (χ2v) is 6.55. The molecule has 0 N–H and O–H groups in total. The number of benzene rings is 2. The monoisotopic (exact) mass is 252 g/mol. The zero-order valence-corrected chi connectivity index (χ0v) is 13.0. The van der Waals surface area contributed by atoms with Crippen molar-refractivity contribution in [2.24, 2.45) is 0 Å². The van der Waals surface area contributed by atoms with E-state index in [0.29, 0.717) is 0 Å². The van der Waals surface area contributed by atoms with Crippen molar-refractivity contribution >= 4 is 0 Å². The largest absolute Gasteiger partial charge is 0.0617 e. The van der Waals surface area contributed by atoms with E-state index >= 15 is 0 Å². The van der Waals surface area contributed by atoms with Gasteiger partial charge in [-0.15, -0.1) is 0 Å². The molecule has 0 aliphatic heterocycles. The van der Waals surface area contributed by atoms with Crippen LogP contribution in [0.3, 0.4) is 0 Å². The second-order valence-electron chi connectivity index (χ2n) is 6.55. The lowest BCUT2D eigenvalue weighted by molar-refractivity contribution is 0.590. The van der Waals surface area contributed by atoms with Gasteiger partial charge in [0, 0.05) is 0 Å². The molecule has 0 aromatic heterocycles. The Morgan fingerprint density at radius 3 is 1.84 bits per heavy atom. The lowest BCUT2D eigenvalue weighted by Crippen LogP contribution is -2.11. The first-order chi connectivity index (χ1) is 8.80. The van der Waals surface area contributed by atoms with Crippen LogP contribution in [0.4, 0.5) is 0 Å². The molecule has 0 nitrogen and oxygen atoms in total. The van der Waals surface area contributed by atoms with Gasteiger partial charge in [-0.05, 0) is 59.6 Å². The van der Waals surface area contributed by atoms with Gasteiger partial charge in [-0.25, -0.2) is 0 Å². The number of rotatable bonds is 1. The molecule has 19 heavy (non-hydrogen) atoms. The van der Waals surface area contributed by atoms with Crippen molar-refractivity contribution in [1.82, 2.24) is 0 Å². The van der Waals surface area contributed by atoms with Crippen molar-refractivity contribution in [3.8, 4) is 11.1 Å². The third-order valence-corrected chi connectivity index (χ3v) is 3.85. The highest BCUT2D eigenvalue weighted by atomic mass is 14.2. The molecule has 0 atom stereocenters. The van der Waals surface area contributed by atoms with Crippen molar-refractivity contribution in [2.45, 2.75) is 47.0 Å². The minimum absolute atomic E-state index is 0.193. The number of hydrogen-bond donors (Lipinski definition) is 0. The van der Waals surface area contributed by atoms with Crippen LogP contribution in [0.25, 0.3) is 11.1 Å². The van der Waals surface area contributed by atoms with E-state index in [1.165, 1.54) is 33.4 Å². The normalized spacial score (nSPS) is 11.7. The molecule has 2 aromatic rings. The van der Waals surface area contributed by atoms with Crippen molar-refractivity contribution in [3.63, 3.8) is 0 Å². The molecule has 2 rings (SSSR count). The molecule has 0 saturated heterocycles. The fraction of sp³-hybridized carbons (Fsp3) is 0.368. The third kappa shape index (κ3) is 2.73. The zero-order valence-electron chi connectivity index (χ0n) is 13.0. The van der Waals surface area contributed by atoms with Crippen LogP contribution >= 0.6 is 0 Å². The van der Waals surface area contributed by atoms with Crippen molar-refractivity contribution in [1.29, 1.82) is 0 Å². The summed E-state index contributed by atoms with van der Waals surface area (Å²) in [6.45, 7) is 13.4. The van der Waals surface area contributed by atoms with Crippen LogP contribution < -0.4 is 0 Å². The molecule has 0 amide bonds. The van der Waals surface area contributed by atoms with Gasteiger partial charge in [-0.1, -0.05) is 57.2 Å². The molecule has 0 saturated carbocycles. The molecular weight excluding hydrogens is 228 g/mol. The summed E-state index contributed by atoms with van der Waals surface area (Å²) in [5, 5.41) is 0. The second kappa shape index (κ2) is 4.85. The lowest BCUT2D eigenvalue weighted by Gasteiger charge is -2.22. The first-order valence-electron chi connectivity index (χ1n) is 6.98. The molecule has 0 heteroatoms. The molecular formula is C19H24. The maximum atomic E-state index is 2.37. The summed E-state index contributed by atoms with van der Waals surface area (Å²) < 4.78 is 0. The maximum Gasteiger partial charge on any atom is -0.0123 e. The summed E-state index contributed by atoms with van der Waals surface area (Å²) in [6.07, 6.45) is 0. The molecule has 0 bridgehead atoms. The Bertz CT molecular complexity index is 578. The third-order valence-electron chi connectivity index (χ3n) is 3.85. The van der Waals surface area contributed by atoms with Crippen molar-refractivity contribution in [2.75, 3.05) is 0 Å². The SMILES string of the molecule is Cc1ccc(C(C)(C)C)cc1-c1c(C)cccc1C. The van der Waals surface area contributed by atoms with E-state index in [-0.39, 0.29) is 5.41 Å². The molecule has 0 fully saturated rings. The average molecular weight is 252 g/mol. The first-order valence-corrected chi connectivity index (χ1v) is 6.98. The Morgan fingerprint density at radius 1 is 0.737 bits per heavy atom. The van der Waals surface area contributed by atoms with E-state index in [2.05, 4.69) is 77.9 Å². The highest BCUT2D eigenvalue weighted by Gasteiger charge is 2.16. The molecule has 0 unspecified atom stereocenters. The van der Waals surface area contributed by atoms with Crippen LogP contribution in [0.15, 0.2) is 36.4 Å². The highest BCUT2D eigenvalue weighted by molar-refractivity contribution is 5.74. The molecule has 2 aromatic carbocycles. The lowest BCUT2D eigenvalue weighted by atomic mass is 9.83. The Kier molecular flexibility index (Phi) is 3.54. The standard InChI is InChI=1S/C19H24/c1-13-10-11-16(19(4,5)6)12-17(13)18-14(2)8-7-9-15(18)3/h7-12H,1-6H3. The highest BCUT2D eigenvalue weighted by Crippen LogP contribution is 2.33. The molecule has 0 aliphatic carbocycles. The van der Waals surface area contributed by atoms with Gasteiger partial charge in [0.2, 0.25) is 0 Å². The van der Waals surface area contributed by atoms with Crippen LogP contribution in [-0.2, 0) is 5.41 Å². The summed E-state index contributed by atoms with van der Waals surface area (Å²) in [6, 6.07) is 13.4. The molecule has 0 heterocycles. The van der Waals surface area contributed by atoms with Crippen LogP contribution in [-0.4, -0.2) is 0 Å². The van der Waals surface area contributed by atoms with E-state index in [1.807, 2.05) is 0 Å². The maximum absolute atomic E-state index is 2.37. The van der Waals surface area contributed by atoms with Gasteiger partial charge < -0.3 is 0 Å². The fourth-order valence-corrected chi connectivity index (χ4v) is 2.60. The zero-order chi connectivity index (χ0) is 14.2. The molecule has 0 spiro atoms. The van der Waals surface area contributed by atoms with Gasteiger partial charge in [0.05, 0.1) is 0 Å². The summed E-state index contributed by atoms with van der Waals surface area (Å²) in [7, 11) is 0. The Labute approximate surface area is 117 Å². The quantitative estimate of drug-likeness (QED) is 0.622. The molecule has 0 aliphatic rings. The average Bonchev–Trinajstić information content (AvgIpc) is 2.29. The summed E-state index contributed by atoms with van der Waals surface area (Å²) >= 11 is 0. The van der Waals surface area contributed by atoms with Gasteiger partial charge in [0.15, 0.2) is 0 Å².